The monoisotopic (exact) mass is 265 g/mol. The van der Waals surface area contributed by atoms with E-state index in [1.807, 2.05) is 11.7 Å². The molecular formula is C14H27N5. The number of rotatable bonds is 6. The third kappa shape index (κ3) is 3.03. The van der Waals surface area contributed by atoms with Gasteiger partial charge in [0.1, 0.15) is 5.82 Å². The van der Waals surface area contributed by atoms with E-state index in [0.29, 0.717) is 12.0 Å². The van der Waals surface area contributed by atoms with E-state index < -0.39 is 0 Å². The van der Waals surface area contributed by atoms with Gasteiger partial charge in [-0.2, -0.15) is 5.10 Å². The van der Waals surface area contributed by atoms with E-state index in [4.69, 9.17) is 5.73 Å². The van der Waals surface area contributed by atoms with Crippen LogP contribution in [-0.4, -0.2) is 40.4 Å². The average Bonchev–Trinajstić information content (AvgIpc) is 3.14. The van der Waals surface area contributed by atoms with Crippen LogP contribution >= 0.6 is 0 Å². The fraction of sp³-hybridized carbons (Fsp3) is 0.786. The van der Waals surface area contributed by atoms with Gasteiger partial charge in [-0.3, -0.25) is 9.58 Å². The molecule has 1 aromatic heterocycles. The number of likely N-dealkylation sites (N-methyl/N-ethyl adjacent to an activating group) is 1. The normalized spacial score (nSPS) is 17.2. The Kier molecular flexibility index (Phi) is 4.04. The van der Waals surface area contributed by atoms with Gasteiger partial charge in [0.25, 0.3) is 0 Å². The molecule has 1 fully saturated rings. The van der Waals surface area contributed by atoms with Crippen LogP contribution in [0.3, 0.4) is 0 Å². The molecule has 3 N–H and O–H groups in total. The summed E-state index contributed by atoms with van der Waals surface area (Å²) in [5, 5.41) is 7.95. The van der Waals surface area contributed by atoms with Crippen LogP contribution in [0.5, 0.6) is 0 Å². The molecule has 0 saturated heterocycles. The molecule has 1 saturated carbocycles. The van der Waals surface area contributed by atoms with Crippen LogP contribution in [0.15, 0.2) is 0 Å². The molecule has 0 aliphatic heterocycles. The van der Waals surface area contributed by atoms with Crippen LogP contribution in [0.2, 0.25) is 0 Å². The number of nitrogen functional groups attached to an aromatic ring is 1. The van der Waals surface area contributed by atoms with E-state index in [-0.39, 0.29) is 0 Å². The van der Waals surface area contributed by atoms with Gasteiger partial charge in [0.15, 0.2) is 0 Å². The second-order valence-corrected chi connectivity index (χ2v) is 6.05. The van der Waals surface area contributed by atoms with Crippen molar-refractivity contribution in [3.8, 4) is 0 Å². The number of nitrogens with two attached hydrogens (primary N) is 1. The van der Waals surface area contributed by atoms with Gasteiger partial charge in [-0.05, 0) is 32.7 Å². The molecule has 0 bridgehead atoms. The van der Waals surface area contributed by atoms with Crippen molar-refractivity contribution in [2.45, 2.75) is 51.6 Å². The minimum absolute atomic E-state index is 0.355. The van der Waals surface area contributed by atoms with Gasteiger partial charge >= 0.3 is 0 Å². The smallest absolute Gasteiger partial charge is 0.147 e. The van der Waals surface area contributed by atoms with Crippen molar-refractivity contribution < 1.29 is 0 Å². The summed E-state index contributed by atoms with van der Waals surface area (Å²) in [5.41, 5.74) is 7.95. The molecule has 0 spiro atoms. The molecule has 0 radical (unpaired) electrons. The third-order valence-corrected chi connectivity index (χ3v) is 4.04. The number of anilines is 2. The molecule has 5 heteroatoms. The first kappa shape index (κ1) is 14.2. The summed E-state index contributed by atoms with van der Waals surface area (Å²) in [6, 6.07) is 1.29. The van der Waals surface area contributed by atoms with Crippen LogP contribution in [0.1, 0.15) is 45.2 Å². The highest BCUT2D eigenvalue weighted by atomic mass is 15.3. The summed E-state index contributed by atoms with van der Waals surface area (Å²) in [4.78, 5) is 2.45. The van der Waals surface area contributed by atoms with Crippen molar-refractivity contribution in [1.29, 1.82) is 0 Å². The Balaban J connectivity index is 1.99. The molecule has 1 aliphatic rings. The lowest BCUT2D eigenvalue weighted by Crippen LogP contribution is -2.36. The molecule has 108 valence electrons. The summed E-state index contributed by atoms with van der Waals surface area (Å²) in [6.45, 7) is 7.38. The quantitative estimate of drug-likeness (QED) is 0.826. The van der Waals surface area contributed by atoms with Crippen molar-refractivity contribution in [2.24, 2.45) is 7.05 Å². The van der Waals surface area contributed by atoms with Gasteiger partial charge < -0.3 is 11.1 Å². The van der Waals surface area contributed by atoms with E-state index in [1.165, 1.54) is 12.8 Å². The standard InChI is InChI=1S/C14H27N5/c1-9(2)13-12(15)14(19(5)17-13)16-8-10(3)18(4)11-6-7-11/h9-11,16H,6-8,15H2,1-5H3. The molecule has 1 atom stereocenters. The lowest BCUT2D eigenvalue weighted by molar-refractivity contribution is 0.257. The maximum atomic E-state index is 6.18. The maximum Gasteiger partial charge on any atom is 0.147 e. The van der Waals surface area contributed by atoms with E-state index in [1.54, 1.807) is 0 Å². The van der Waals surface area contributed by atoms with Crippen LogP contribution in [0.25, 0.3) is 0 Å². The Labute approximate surface area is 116 Å². The van der Waals surface area contributed by atoms with Crippen LogP contribution < -0.4 is 11.1 Å². The Morgan fingerprint density at radius 1 is 1.42 bits per heavy atom. The van der Waals surface area contributed by atoms with Crippen molar-refractivity contribution in [2.75, 3.05) is 24.6 Å². The second-order valence-electron chi connectivity index (χ2n) is 6.05. The fourth-order valence-electron chi connectivity index (χ4n) is 2.43. The first-order valence-electron chi connectivity index (χ1n) is 7.20. The topological polar surface area (TPSA) is 59.1 Å². The Bertz CT molecular complexity index is 433. The summed E-state index contributed by atoms with van der Waals surface area (Å²) >= 11 is 0. The summed E-state index contributed by atoms with van der Waals surface area (Å²) in [7, 11) is 4.15. The minimum Gasteiger partial charge on any atom is -0.394 e. The average molecular weight is 265 g/mol. The Morgan fingerprint density at radius 3 is 2.53 bits per heavy atom. The third-order valence-electron chi connectivity index (χ3n) is 4.04. The van der Waals surface area contributed by atoms with E-state index in [2.05, 4.69) is 43.1 Å². The van der Waals surface area contributed by atoms with E-state index >= 15 is 0 Å². The van der Waals surface area contributed by atoms with Crippen molar-refractivity contribution in [1.82, 2.24) is 14.7 Å². The predicted molar refractivity (Wildman–Crippen MR) is 80.4 cm³/mol. The number of nitrogens with one attached hydrogen (secondary N) is 1. The molecular weight excluding hydrogens is 238 g/mol. The number of hydrogen-bond acceptors (Lipinski definition) is 4. The van der Waals surface area contributed by atoms with Gasteiger partial charge in [-0.1, -0.05) is 13.8 Å². The first-order valence-corrected chi connectivity index (χ1v) is 7.20. The zero-order chi connectivity index (χ0) is 14.2. The molecule has 0 amide bonds. The highest BCUT2D eigenvalue weighted by molar-refractivity contribution is 5.65. The van der Waals surface area contributed by atoms with Crippen molar-refractivity contribution in [3.63, 3.8) is 0 Å². The first-order chi connectivity index (χ1) is 8.91. The second kappa shape index (κ2) is 5.41. The number of aryl methyl sites for hydroxylation is 1. The zero-order valence-electron chi connectivity index (χ0n) is 12.8. The van der Waals surface area contributed by atoms with Gasteiger partial charge in [-0.15, -0.1) is 0 Å². The minimum atomic E-state index is 0.355. The summed E-state index contributed by atoms with van der Waals surface area (Å²) in [5.74, 6) is 1.30. The summed E-state index contributed by atoms with van der Waals surface area (Å²) in [6.07, 6.45) is 2.68. The molecule has 1 aliphatic carbocycles. The highest BCUT2D eigenvalue weighted by Gasteiger charge is 2.29. The zero-order valence-corrected chi connectivity index (χ0v) is 12.8. The Hall–Kier alpha value is -1.23. The van der Waals surface area contributed by atoms with Crippen LogP contribution in [0, 0.1) is 0 Å². The molecule has 0 aromatic carbocycles. The number of hydrogen-bond donors (Lipinski definition) is 2. The number of nitrogens with zero attached hydrogens (tertiary/aromatic N) is 3. The molecule has 1 heterocycles. The number of aromatic nitrogens is 2. The van der Waals surface area contributed by atoms with Crippen LogP contribution in [-0.2, 0) is 7.05 Å². The fourth-order valence-corrected chi connectivity index (χ4v) is 2.43. The van der Waals surface area contributed by atoms with Crippen molar-refractivity contribution in [3.05, 3.63) is 5.69 Å². The maximum absolute atomic E-state index is 6.18. The molecule has 2 rings (SSSR count). The molecule has 1 unspecified atom stereocenters. The lowest BCUT2D eigenvalue weighted by Gasteiger charge is -2.25. The summed E-state index contributed by atoms with van der Waals surface area (Å²) < 4.78 is 1.86. The van der Waals surface area contributed by atoms with E-state index in [0.717, 1.165) is 29.8 Å². The SMILES string of the molecule is CC(C)c1nn(C)c(NCC(C)N(C)C2CC2)c1N. The van der Waals surface area contributed by atoms with E-state index in [9.17, 15) is 0 Å². The molecule has 1 aromatic rings. The Morgan fingerprint density at radius 2 is 2.05 bits per heavy atom. The van der Waals surface area contributed by atoms with Crippen molar-refractivity contribution >= 4 is 11.5 Å². The van der Waals surface area contributed by atoms with Gasteiger partial charge in [-0.25, -0.2) is 0 Å². The predicted octanol–water partition coefficient (Wildman–Crippen LogP) is 2.02. The van der Waals surface area contributed by atoms with Crippen LogP contribution in [0.4, 0.5) is 11.5 Å². The van der Waals surface area contributed by atoms with Gasteiger partial charge in [0.2, 0.25) is 0 Å². The van der Waals surface area contributed by atoms with Gasteiger partial charge in [0.05, 0.1) is 11.4 Å². The lowest BCUT2D eigenvalue weighted by atomic mass is 10.1. The molecule has 19 heavy (non-hydrogen) atoms. The molecule has 5 nitrogen and oxygen atoms in total. The highest BCUT2D eigenvalue weighted by Crippen LogP contribution is 2.29. The van der Waals surface area contributed by atoms with Gasteiger partial charge in [0, 0.05) is 25.7 Å². The largest absolute Gasteiger partial charge is 0.394 e.